The summed E-state index contributed by atoms with van der Waals surface area (Å²) in [5.41, 5.74) is 5.63. The number of phenols is 1. The molecule has 0 saturated carbocycles. The Bertz CT molecular complexity index is 869. The molecular weight excluding hydrogens is 351 g/mol. The zero-order valence-electron chi connectivity index (χ0n) is 15.3. The van der Waals surface area contributed by atoms with Crippen molar-refractivity contribution < 1.29 is 24.2 Å². The molecule has 0 heterocycles. The molecule has 0 aliphatic heterocycles. The number of rotatable bonds is 5. The number of aryl methyl sites for hydroxylation is 2. The van der Waals surface area contributed by atoms with Gasteiger partial charge in [0.25, 0.3) is 0 Å². The van der Waals surface area contributed by atoms with Gasteiger partial charge in [-0.25, -0.2) is 0 Å². The minimum absolute atomic E-state index is 0.250. The quantitative estimate of drug-likeness (QED) is 0.673. The number of phenolic OH excluding ortho intramolecular Hbond substituents is 1. The van der Waals surface area contributed by atoms with Crippen molar-refractivity contribution in [2.45, 2.75) is 45.4 Å². The molecule has 0 amide bonds. The molecule has 2 aromatic carbocycles. The average molecular weight is 376 g/mol. The van der Waals surface area contributed by atoms with Crippen LogP contribution >= 0.6 is 7.60 Å². The fraction of sp³-hybridized carbons (Fsp3) is 0.400. The van der Waals surface area contributed by atoms with Crippen LogP contribution in [0.2, 0.25) is 0 Å². The molecule has 1 atom stereocenters. The first-order valence-corrected chi connectivity index (χ1v) is 10.6. The smallest absolute Gasteiger partial charge is 0.362 e. The maximum atomic E-state index is 11.0. The third kappa shape index (κ3) is 3.96. The van der Waals surface area contributed by atoms with Crippen LogP contribution in [0.4, 0.5) is 0 Å². The van der Waals surface area contributed by atoms with Crippen LogP contribution in [0.25, 0.3) is 0 Å². The molecule has 3 N–H and O–H groups in total. The van der Waals surface area contributed by atoms with E-state index in [4.69, 9.17) is 14.5 Å². The van der Waals surface area contributed by atoms with Crippen molar-refractivity contribution in [3.63, 3.8) is 0 Å². The first-order chi connectivity index (χ1) is 12.2. The predicted molar refractivity (Wildman–Crippen MR) is 101 cm³/mol. The minimum Gasteiger partial charge on any atom is -0.508 e. The summed E-state index contributed by atoms with van der Waals surface area (Å²) in [5.74, 6) is 1.35. The van der Waals surface area contributed by atoms with Gasteiger partial charge >= 0.3 is 7.60 Å². The van der Waals surface area contributed by atoms with E-state index >= 15 is 0 Å². The molecule has 0 spiro atoms. The topological polar surface area (TPSA) is 87.0 Å². The fourth-order valence-corrected chi connectivity index (χ4v) is 4.13. The molecule has 0 fully saturated rings. The van der Waals surface area contributed by atoms with E-state index in [0.717, 1.165) is 29.5 Å². The second-order valence-electron chi connectivity index (χ2n) is 7.32. The molecule has 2 aromatic rings. The fourth-order valence-electron chi connectivity index (χ4n) is 3.81. The van der Waals surface area contributed by atoms with E-state index < -0.39 is 13.9 Å². The van der Waals surface area contributed by atoms with Crippen LogP contribution in [0.1, 0.15) is 59.9 Å². The summed E-state index contributed by atoms with van der Waals surface area (Å²) >= 11 is 0. The second-order valence-corrected chi connectivity index (χ2v) is 8.90. The van der Waals surface area contributed by atoms with E-state index in [-0.39, 0.29) is 11.8 Å². The number of benzene rings is 2. The predicted octanol–water partition coefficient (Wildman–Crippen LogP) is 4.42. The molecule has 1 aliphatic rings. The summed E-state index contributed by atoms with van der Waals surface area (Å²) in [5, 5.41) is 10.1. The Kier molecular flexibility index (Phi) is 5.16. The summed E-state index contributed by atoms with van der Waals surface area (Å²) < 4.78 is 16.3. The van der Waals surface area contributed by atoms with E-state index in [0.29, 0.717) is 11.5 Å². The average Bonchev–Trinajstić information content (AvgIpc) is 2.97. The SMILES string of the molecule is Cc1cc(OCP(=O)(O)O)cc2c1[C@@H](c1ccc(O)c(C(C)C)c1)CC2. The van der Waals surface area contributed by atoms with Crippen molar-refractivity contribution in [2.75, 3.05) is 6.35 Å². The Labute approximate surface area is 153 Å². The lowest BCUT2D eigenvalue weighted by Crippen LogP contribution is -2.02. The Morgan fingerprint density at radius 3 is 2.62 bits per heavy atom. The van der Waals surface area contributed by atoms with E-state index in [1.807, 2.05) is 25.1 Å². The van der Waals surface area contributed by atoms with Crippen LogP contribution in [0, 0.1) is 6.92 Å². The molecule has 140 valence electrons. The molecule has 1 aliphatic carbocycles. The van der Waals surface area contributed by atoms with Gasteiger partial charge in [-0.15, -0.1) is 0 Å². The molecule has 0 unspecified atom stereocenters. The lowest BCUT2D eigenvalue weighted by atomic mass is 9.87. The van der Waals surface area contributed by atoms with E-state index in [9.17, 15) is 9.67 Å². The number of hydrogen-bond donors (Lipinski definition) is 3. The zero-order chi connectivity index (χ0) is 19.1. The summed E-state index contributed by atoms with van der Waals surface area (Å²) in [6.45, 7) is 6.14. The van der Waals surface area contributed by atoms with Crippen molar-refractivity contribution in [2.24, 2.45) is 0 Å². The van der Waals surface area contributed by atoms with Gasteiger partial charge in [-0.1, -0.05) is 26.0 Å². The lowest BCUT2D eigenvalue weighted by molar-refractivity contribution is 0.300. The summed E-state index contributed by atoms with van der Waals surface area (Å²) in [7, 11) is -4.19. The normalized spacial score (nSPS) is 16.8. The lowest BCUT2D eigenvalue weighted by Gasteiger charge is -2.18. The number of ether oxygens (including phenoxy) is 1. The van der Waals surface area contributed by atoms with Gasteiger partial charge in [0, 0.05) is 5.92 Å². The van der Waals surface area contributed by atoms with Gasteiger partial charge in [-0.05, 0) is 71.7 Å². The van der Waals surface area contributed by atoms with Gasteiger partial charge in [-0.3, -0.25) is 4.57 Å². The molecule has 26 heavy (non-hydrogen) atoms. The molecule has 0 bridgehead atoms. The molecule has 3 rings (SSSR count). The highest BCUT2D eigenvalue weighted by Crippen LogP contribution is 2.44. The minimum atomic E-state index is -4.19. The van der Waals surface area contributed by atoms with Crippen molar-refractivity contribution in [3.8, 4) is 11.5 Å². The largest absolute Gasteiger partial charge is 0.508 e. The van der Waals surface area contributed by atoms with E-state index in [1.54, 1.807) is 6.07 Å². The zero-order valence-corrected chi connectivity index (χ0v) is 16.2. The third-order valence-corrected chi connectivity index (χ3v) is 5.44. The summed E-state index contributed by atoms with van der Waals surface area (Å²) in [6, 6.07) is 9.59. The highest BCUT2D eigenvalue weighted by Gasteiger charge is 2.27. The first kappa shape index (κ1) is 19.0. The maximum Gasteiger partial charge on any atom is 0.362 e. The molecule has 0 radical (unpaired) electrons. The maximum absolute atomic E-state index is 11.0. The van der Waals surface area contributed by atoms with Crippen LogP contribution < -0.4 is 4.74 Å². The van der Waals surface area contributed by atoms with Crippen LogP contribution in [-0.4, -0.2) is 21.2 Å². The highest BCUT2D eigenvalue weighted by atomic mass is 31.2. The Balaban J connectivity index is 1.92. The van der Waals surface area contributed by atoms with Crippen molar-refractivity contribution in [3.05, 3.63) is 58.1 Å². The molecule has 0 saturated heterocycles. The Morgan fingerprint density at radius 1 is 1.23 bits per heavy atom. The Morgan fingerprint density at radius 2 is 1.96 bits per heavy atom. The van der Waals surface area contributed by atoms with Gasteiger partial charge in [0.1, 0.15) is 11.5 Å². The molecule has 6 heteroatoms. The van der Waals surface area contributed by atoms with Crippen LogP contribution in [0.5, 0.6) is 11.5 Å². The summed E-state index contributed by atoms with van der Waals surface area (Å²) in [6.07, 6.45) is 1.26. The van der Waals surface area contributed by atoms with Gasteiger partial charge in [0.15, 0.2) is 6.35 Å². The summed E-state index contributed by atoms with van der Waals surface area (Å²) in [4.78, 5) is 18.0. The van der Waals surface area contributed by atoms with Gasteiger partial charge < -0.3 is 19.6 Å². The van der Waals surface area contributed by atoms with Gasteiger partial charge in [-0.2, -0.15) is 0 Å². The third-order valence-electron chi connectivity index (χ3n) is 4.97. The van der Waals surface area contributed by atoms with Crippen LogP contribution in [-0.2, 0) is 11.0 Å². The van der Waals surface area contributed by atoms with Crippen molar-refractivity contribution in [1.29, 1.82) is 0 Å². The standard InChI is InChI=1S/C20H25O5P/c1-12(2)18-10-14(5-7-19(18)21)17-6-4-15-9-16(8-13(3)20(15)17)25-11-26(22,23)24/h5,7-10,12,17,21H,4,6,11H2,1-3H3,(H2,22,23,24)/t17-/m1/s1. The monoisotopic (exact) mass is 376 g/mol. The molecule has 0 aromatic heterocycles. The van der Waals surface area contributed by atoms with Gasteiger partial charge in [0.05, 0.1) is 0 Å². The van der Waals surface area contributed by atoms with Crippen LogP contribution in [0.3, 0.4) is 0 Å². The molecule has 5 nitrogen and oxygen atoms in total. The van der Waals surface area contributed by atoms with E-state index in [1.165, 1.54) is 11.1 Å². The number of hydrogen-bond acceptors (Lipinski definition) is 3. The Hall–Kier alpha value is -1.81. The number of fused-ring (bicyclic) bond motifs is 1. The number of aromatic hydroxyl groups is 1. The van der Waals surface area contributed by atoms with Crippen LogP contribution in [0.15, 0.2) is 30.3 Å². The highest BCUT2D eigenvalue weighted by molar-refractivity contribution is 7.51. The van der Waals surface area contributed by atoms with Crippen molar-refractivity contribution in [1.82, 2.24) is 0 Å². The van der Waals surface area contributed by atoms with Crippen molar-refractivity contribution >= 4 is 7.60 Å². The van der Waals surface area contributed by atoms with Gasteiger partial charge in [0.2, 0.25) is 0 Å². The van der Waals surface area contributed by atoms with E-state index in [2.05, 4.69) is 19.9 Å². The second kappa shape index (κ2) is 7.07. The first-order valence-electron chi connectivity index (χ1n) is 8.79. The molecular formula is C20H25O5P.